The van der Waals surface area contributed by atoms with Gasteiger partial charge in [0.15, 0.2) is 5.75 Å². The number of aromatic nitrogens is 3. The summed E-state index contributed by atoms with van der Waals surface area (Å²) in [6, 6.07) is 9.99. The molecule has 1 N–H and O–H groups in total. The van der Waals surface area contributed by atoms with Gasteiger partial charge in [-0.1, -0.05) is 18.2 Å². The molecule has 7 heteroatoms. The second-order valence-electron chi connectivity index (χ2n) is 6.65. The molecule has 1 aliphatic rings. The van der Waals surface area contributed by atoms with Crippen molar-refractivity contribution in [2.24, 2.45) is 7.05 Å². The largest absolute Gasteiger partial charge is 0.482 e. The van der Waals surface area contributed by atoms with Crippen LogP contribution >= 0.6 is 0 Å². The molecule has 1 amide bonds. The Labute approximate surface area is 151 Å². The molecule has 1 aromatic carbocycles. The van der Waals surface area contributed by atoms with Crippen LogP contribution in [0, 0.1) is 6.92 Å². The van der Waals surface area contributed by atoms with Crippen molar-refractivity contribution in [3.8, 4) is 5.75 Å². The van der Waals surface area contributed by atoms with E-state index in [2.05, 4.69) is 22.5 Å². The van der Waals surface area contributed by atoms with Crippen LogP contribution in [-0.4, -0.2) is 45.6 Å². The Morgan fingerprint density at radius 3 is 3.04 bits per heavy atom. The number of ether oxygens (including phenoxy) is 2. The summed E-state index contributed by atoms with van der Waals surface area (Å²) in [5, 5.41) is 8.28. The van der Waals surface area contributed by atoms with Crippen LogP contribution < -0.4 is 10.1 Å². The number of hydrogen-bond donors (Lipinski definition) is 1. The lowest BCUT2D eigenvalue weighted by atomic mass is 10.2. The van der Waals surface area contributed by atoms with Crippen molar-refractivity contribution < 1.29 is 14.3 Å². The van der Waals surface area contributed by atoms with Crippen molar-refractivity contribution in [3.63, 3.8) is 0 Å². The predicted octanol–water partition coefficient (Wildman–Crippen LogP) is 1.65. The Kier molecular flexibility index (Phi) is 4.38. The number of para-hydroxylation sites is 1. The fraction of sp³-hybridized carbons (Fsp3) is 0.368. The van der Waals surface area contributed by atoms with Crippen LogP contribution in [0.25, 0.3) is 10.9 Å². The molecule has 1 aliphatic heterocycles. The molecule has 2 aromatic heterocycles. The van der Waals surface area contributed by atoms with E-state index in [1.165, 1.54) is 0 Å². The molecule has 136 valence electrons. The van der Waals surface area contributed by atoms with E-state index in [-0.39, 0.29) is 24.6 Å². The van der Waals surface area contributed by atoms with Crippen LogP contribution in [0.3, 0.4) is 0 Å². The fourth-order valence-corrected chi connectivity index (χ4v) is 3.37. The van der Waals surface area contributed by atoms with E-state index in [0.717, 1.165) is 16.6 Å². The zero-order valence-corrected chi connectivity index (χ0v) is 14.9. The molecule has 0 unspecified atom stereocenters. The van der Waals surface area contributed by atoms with E-state index in [9.17, 15) is 4.79 Å². The van der Waals surface area contributed by atoms with E-state index in [1.807, 2.05) is 36.7 Å². The predicted molar refractivity (Wildman–Crippen MR) is 97.0 cm³/mol. The maximum absolute atomic E-state index is 12.6. The first-order valence-corrected chi connectivity index (χ1v) is 8.67. The molecule has 0 aliphatic carbocycles. The normalized spacial score (nSPS) is 19.8. The maximum Gasteiger partial charge on any atom is 0.240 e. The molecular formula is C19H22N4O3. The Bertz CT molecular complexity index is 930. The van der Waals surface area contributed by atoms with E-state index in [4.69, 9.17) is 9.47 Å². The van der Waals surface area contributed by atoms with Crippen LogP contribution in [0.2, 0.25) is 0 Å². The SMILES string of the molecule is Cc1cc2ccccc2n1CC(=O)N[C@H]1COC[C@H]1Oc1cnn(C)c1. The summed E-state index contributed by atoms with van der Waals surface area (Å²) in [5.74, 6) is 0.624. The number of nitrogens with zero attached hydrogens (tertiary/aromatic N) is 3. The van der Waals surface area contributed by atoms with Crippen LogP contribution in [0.1, 0.15) is 5.69 Å². The molecule has 0 bridgehead atoms. The minimum atomic E-state index is -0.217. The first-order valence-electron chi connectivity index (χ1n) is 8.67. The third-order valence-corrected chi connectivity index (χ3v) is 4.66. The minimum absolute atomic E-state index is 0.0512. The smallest absolute Gasteiger partial charge is 0.240 e. The number of carbonyl (C=O) groups excluding carboxylic acids is 1. The number of hydrogen-bond acceptors (Lipinski definition) is 4. The highest BCUT2D eigenvalue weighted by molar-refractivity contribution is 5.84. The van der Waals surface area contributed by atoms with Crippen molar-refractivity contribution in [1.82, 2.24) is 19.7 Å². The van der Waals surface area contributed by atoms with Gasteiger partial charge in [0, 0.05) is 18.3 Å². The molecule has 7 nitrogen and oxygen atoms in total. The standard InChI is InChI=1S/C19H22N4O3/c1-13-7-14-5-3-4-6-17(14)23(13)10-19(24)21-16-11-25-12-18(16)26-15-8-20-22(2)9-15/h3-9,16,18H,10-12H2,1-2H3,(H,21,24)/t16-,18+/m0/s1. The van der Waals surface area contributed by atoms with Gasteiger partial charge in [0.25, 0.3) is 0 Å². The molecular weight excluding hydrogens is 332 g/mol. The molecule has 1 saturated heterocycles. The Hall–Kier alpha value is -2.80. The van der Waals surface area contributed by atoms with Gasteiger partial charge < -0.3 is 19.4 Å². The number of amides is 1. The lowest BCUT2D eigenvalue weighted by Crippen LogP contribution is -2.46. The zero-order chi connectivity index (χ0) is 18.1. The van der Waals surface area contributed by atoms with Gasteiger partial charge in [0.1, 0.15) is 12.6 Å². The quantitative estimate of drug-likeness (QED) is 0.756. The summed E-state index contributed by atoms with van der Waals surface area (Å²) in [6.45, 7) is 3.18. The van der Waals surface area contributed by atoms with Crippen LogP contribution in [0.5, 0.6) is 5.75 Å². The summed E-state index contributed by atoms with van der Waals surface area (Å²) in [6.07, 6.45) is 3.24. The number of fused-ring (bicyclic) bond motifs is 1. The highest BCUT2D eigenvalue weighted by atomic mass is 16.5. The lowest BCUT2D eigenvalue weighted by molar-refractivity contribution is -0.122. The van der Waals surface area contributed by atoms with Gasteiger partial charge in [0.05, 0.1) is 31.6 Å². The second kappa shape index (κ2) is 6.84. The Balaban J connectivity index is 1.43. The highest BCUT2D eigenvalue weighted by Gasteiger charge is 2.31. The molecule has 0 spiro atoms. The molecule has 0 radical (unpaired) electrons. The van der Waals surface area contributed by atoms with E-state index in [1.54, 1.807) is 17.1 Å². The highest BCUT2D eigenvalue weighted by Crippen LogP contribution is 2.19. The third kappa shape index (κ3) is 3.30. The molecule has 1 fully saturated rings. The Morgan fingerprint density at radius 2 is 2.23 bits per heavy atom. The number of aryl methyl sites for hydroxylation is 2. The third-order valence-electron chi connectivity index (χ3n) is 4.66. The van der Waals surface area contributed by atoms with Gasteiger partial charge in [-0.2, -0.15) is 5.10 Å². The molecule has 0 saturated carbocycles. The topological polar surface area (TPSA) is 70.3 Å². The summed E-state index contributed by atoms with van der Waals surface area (Å²) in [7, 11) is 1.83. The fourth-order valence-electron chi connectivity index (χ4n) is 3.37. The van der Waals surface area contributed by atoms with Crippen molar-refractivity contribution in [3.05, 3.63) is 48.4 Å². The summed E-state index contributed by atoms with van der Waals surface area (Å²) in [5.41, 5.74) is 2.12. The molecule has 26 heavy (non-hydrogen) atoms. The molecule has 3 aromatic rings. The minimum Gasteiger partial charge on any atom is -0.482 e. The van der Waals surface area contributed by atoms with E-state index < -0.39 is 0 Å². The molecule has 3 heterocycles. The van der Waals surface area contributed by atoms with Crippen molar-refractivity contribution in [1.29, 1.82) is 0 Å². The lowest BCUT2D eigenvalue weighted by Gasteiger charge is -2.20. The first-order chi connectivity index (χ1) is 12.6. The second-order valence-corrected chi connectivity index (χ2v) is 6.65. The van der Waals surface area contributed by atoms with Gasteiger partial charge in [-0.25, -0.2) is 0 Å². The van der Waals surface area contributed by atoms with Crippen molar-refractivity contribution in [2.45, 2.75) is 25.6 Å². The van der Waals surface area contributed by atoms with E-state index >= 15 is 0 Å². The van der Waals surface area contributed by atoms with Crippen LogP contribution in [-0.2, 0) is 23.1 Å². The number of benzene rings is 1. The van der Waals surface area contributed by atoms with Gasteiger partial charge in [-0.15, -0.1) is 0 Å². The van der Waals surface area contributed by atoms with E-state index in [0.29, 0.717) is 19.0 Å². The van der Waals surface area contributed by atoms with Crippen molar-refractivity contribution in [2.75, 3.05) is 13.2 Å². The average molecular weight is 354 g/mol. The number of nitrogens with one attached hydrogen (secondary N) is 1. The Morgan fingerprint density at radius 1 is 1.38 bits per heavy atom. The monoisotopic (exact) mass is 354 g/mol. The molecule has 4 rings (SSSR count). The summed E-state index contributed by atoms with van der Waals surface area (Å²) >= 11 is 0. The van der Waals surface area contributed by atoms with Crippen LogP contribution in [0.4, 0.5) is 0 Å². The number of rotatable bonds is 5. The van der Waals surface area contributed by atoms with Crippen molar-refractivity contribution >= 4 is 16.8 Å². The van der Waals surface area contributed by atoms with Gasteiger partial charge in [-0.3, -0.25) is 9.48 Å². The van der Waals surface area contributed by atoms with Gasteiger partial charge in [-0.05, 0) is 24.4 Å². The summed E-state index contributed by atoms with van der Waals surface area (Å²) < 4.78 is 15.1. The number of carbonyl (C=O) groups is 1. The first kappa shape index (κ1) is 16.7. The summed E-state index contributed by atoms with van der Waals surface area (Å²) in [4.78, 5) is 12.6. The van der Waals surface area contributed by atoms with Gasteiger partial charge >= 0.3 is 0 Å². The maximum atomic E-state index is 12.6. The molecule has 2 atom stereocenters. The van der Waals surface area contributed by atoms with Crippen LogP contribution in [0.15, 0.2) is 42.7 Å². The van der Waals surface area contributed by atoms with Gasteiger partial charge in [0.2, 0.25) is 5.91 Å². The average Bonchev–Trinajstić information content (AvgIpc) is 3.30. The zero-order valence-electron chi connectivity index (χ0n) is 14.9.